The monoisotopic (exact) mass is 311 g/mol. The lowest BCUT2D eigenvalue weighted by molar-refractivity contribution is -0.135. The summed E-state index contributed by atoms with van der Waals surface area (Å²) in [5, 5.41) is 0. The summed E-state index contributed by atoms with van der Waals surface area (Å²) in [7, 11) is 0. The number of amides is 1. The van der Waals surface area contributed by atoms with Crippen LogP contribution < -0.4 is 0 Å². The van der Waals surface area contributed by atoms with Crippen molar-refractivity contribution in [3.05, 3.63) is 0 Å². The lowest BCUT2D eigenvalue weighted by Crippen LogP contribution is -2.50. The third kappa shape index (κ3) is 5.93. The summed E-state index contributed by atoms with van der Waals surface area (Å²) in [5.41, 5.74) is 0.448. The molecule has 0 aromatic carbocycles. The summed E-state index contributed by atoms with van der Waals surface area (Å²) in [6.07, 6.45) is 2.17. The van der Waals surface area contributed by atoms with Crippen molar-refractivity contribution in [2.24, 2.45) is 22.7 Å². The zero-order chi connectivity index (χ0) is 17.9. The van der Waals surface area contributed by atoms with Crippen molar-refractivity contribution >= 4 is 5.91 Å². The Hall–Kier alpha value is -0.530. The third-order valence-corrected chi connectivity index (χ3v) is 6.11. The van der Waals surface area contributed by atoms with Gasteiger partial charge in [0.2, 0.25) is 5.91 Å². The molecule has 2 nitrogen and oxygen atoms in total. The number of nitrogens with zero attached hydrogens (tertiary/aromatic N) is 1. The highest BCUT2D eigenvalue weighted by atomic mass is 16.2. The van der Waals surface area contributed by atoms with E-state index >= 15 is 0 Å². The standard InChI is InChI=1S/C20H41NO/c1-15(2)16(3)14-21(17(4)22)20(10,11)13-12-19(8,9)18(5,6)7/h15-16H,12-14H2,1-11H3. The number of carbonyl (C=O) groups excluding carboxylic acids is 1. The maximum atomic E-state index is 12.2. The average molecular weight is 312 g/mol. The van der Waals surface area contributed by atoms with E-state index in [-0.39, 0.29) is 22.3 Å². The summed E-state index contributed by atoms with van der Waals surface area (Å²) in [4.78, 5) is 14.3. The Morgan fingerprint density at radius 3 is 1.68 bits per heavy atom. The first-order chi connectivity index (χ1) is 9.62. The fraction of sp³-hybridized carbons (Fsp3) is 0.950. The Kier molecular flexibility index (Phi) is 7.18. The maximum Gasteiger partial charge on any atom is 0.219 e. The van der Waals surface area contributed by atoms with E-state index in [0.29, 0.717) is 11.8 Å². The Balaban J connectivity index is 5.03. The molecule has 2 heteroatoms. The number of hydrogen-bond acceptors (Lipinski definition) is 1. The van der Waals surface area contributed by atoms with Crippen molar-refractivity contribution in [2.45, 2.75) is 94.5 Å². The predicted molar refractivity (Wildman–Crippen MR) is 97.9 cm³/mol. The van der Waals surface area contributed by atoms with Gasteiger partial charge in [-0.25, -0.2) is 0 Å². The van der Waals surface area contributed by atoms with Crippen LogP contribution >= 0.6 is 0 Å². The molecular formula is C20H41NO. The normalized spacial score (nSPS) is 15.1. The first-order valence-corrected chi connectivity index (χ1v) is 8.90. The van der Waals surface area contributed by atoms with Gasteiger partial charge in [-0.2, -0.15) is 0 Å². The van der Waals surface area contributed by atoms with Crippen LogP contribution in [0.4, 0.5) is 0 Å². The van der Waals surface area contributed by atoms with Crippen LogP contribution in [0.5, 0.6) is 0 Å². The van der Waals surface area contributed by atoms with Gasteiger partial charge in [-0.05, 0) is 49.4 Å². The second-order valence-corrected chi connectivity index (χ2v) is 9.80. The topological polar surface area (TPSA) is 20.3 Å². The quantitative estimate of drug-likeness (QED) is 0.585. The smallest absolute Gasteiger partial charge is 0.219 e. The highest BCUT2D eigenvalue weighted by molar-refractivity contribution is 5.74. The SMILES string of the molecule is CC(=O)N(CC(C)C(C)C)C(C)(C)CCC(C)(C)C(C)(C)C. The Labute approximate surface area is 140 Å². The highest BCUT2D eigenvalue weighted by Crippen LogP contribution is 2.43. The van der Waals surface area contributed by atoms with Crippen molar-refractivity contribution in [1.29, 1.82) is 0 Å². The Morgan fingerprint density at radius 1 is 0.909 bits per heavy atom. The van der Waals surface area contributed by atoms with Crippen LogP contribution in [0.2, 0.25) is 0 Å². The average Bonchev–Trinajstić information content (AvgIpc) is 2.31. The molecule has 0 rings (SSSR count). The first kappa shape index (κ1) is 21.5. The van der Waals surface area contributed by atoms with E-state index in [4.69, 9.17) is 0 Å². The molecule has 0 saturated heterocycles. The van der Waals surface area contributed by atoms with Gasteiger partial charge >= 0.3 is 0 Å². The zero-order valence-corrected chi connectivity index (χ0v) is 17.1. The van der Waals surface area contributed by atoms with Gasteiger partial charge in [0.05, 0.1) is 0 Å². The van der Waals surface area contributed by atoms with Crippen LogP contribution in [0.1, 0.15) is 89.0 Å². The molecule has 22 heavy (non-hydrogen) atoms. The molecule has 1 unspecified atom stereocenters. The van der Waals surface area contributed by atoms with Gasteiger partial charge < -0.3 is 4.90 Å². The molecule has 0 heterocycles. The minimum Gasteiger partial charge on any atom is -0.338 e. The van der Waals surface area contributed by atoms with Crippen LogP contribution in [0, 0.1) is 22.7 Å². The van der Waals surface area contributed by atoms with Crippen LogP contribution in [0.25, 0.3) is 0 Å². The first-order valence-electron chi connectivity index (χ1n) is 8.90. The molecule has 0 aromatic heterocycles. The summed E-state index contributed by atoms with van der Waals surface area (Å²) in [5.74, 6) is 1.33. The van der Waals surface area contributed by atoms with E-state index in [2.05, 4.69) is 74.1 Å². The molecule has 0 N–H and O–H groups in total. The number of hydrogen-bond donors (Lipinski definition) is 0. The van der Waals surface area contributed by atoms with E-state index in [1.165, 1.54) is 0 Å². The molecule has 0 saturated carbocycles. The van der Waals surface area contributed by atoms with Gasteiger partial charge in [-0.1, -0.05) is 55.4 Å². The molecule has 0 bridgehead atoms. The molecule has 132 valence electrons. The molecule has 0 aromatic rings. The molecule has 0 spiro atoms. The number of carbonyl (C=O) groups is 1. The van der Waals surface area contributed by atoms with Crippen LogP contribution in [0.15, 0.2) is 0 Å². The van der Waals surface area contributed by atoms with Gasteiger partial charge in [0, 0.05) is 19.0 Å². The number of rotatable bonds is 7. The van der Waals surface area contributed by atoms with Crippen molar-refractivity contribution < 1.29 is 4.79 Å². The Bertz CT molecular complexity index is 360. The lowest BCUT2D eigenvalue weighted by atomic mass is 9.65. The summed E-state index contributed by atoms with van der Waals surface area (Å²) in [6, 6.07) is 0. The van der Waals surface area contributed by atoms with Gasteiger partial charge in [0.15, 0.2) is 0 Å². The van der Waals surface area contributed by atoms with Gasteiger partial charge in [-0.3, -0.25) is 4.79 Å². The maximum absolute atomic E-state index is 12.2. The van der Waals surface area contributed by atoms with E-state index in [1.807, 2.05) is 0 Å². The van der Waals surface area contributed by atoms with Crippen molar-refractivity contribution in [1.82, 2.24) is 4.90 Å². The molecule has 0 aliphatic heterocycles. The summed E-state index contributed by atoms with van der Waals surface area (Å²) in [6.45, 7) is 25.3. The van der Waals surface area contributed by atoms with Gasteiger partial charge in [0.25, 0.3) is 0 Å². The minimum atomic E-state index is -0.0858. The molecule has 0 fully saturated rings. The fourth-order valence-corrected chi connectivity index (χ4v) is 2.43. The highest BCUT2D eigenvalue weighted by Gasteiger charge is 2.37. The summed E-state index contributed by atoms with van der Waals surface area (Å²) < 4.78 is 0. The molecule has 1 atom stereocenters. The van der Waals surface area contributed by atoms with E-state index in [9.17, 15) is 4.79 Å². The van der Waals surface area contributed by atoms with Gasteiger partial charge in [-0.15, -0.1) is 0 Å². The second kappa shape index (κ2) is 7.36. The van der Waals surface area contributed by atoms with Crippen LogP contribution in [-0.4, -0.2) is 22.9 Å². The lowest BCUT2D eigenvalue weighted by Gasteiger charge is -2.45. The molecule has 1 amide bonds. The summed E-state index contributed by atoms with van der Waals surface area (Å²) >= 11 is 0. The van der Waals surface area contributed by atoms with Crippen molar-refractivity contribution in [3.8, 4) is 0 Å². The molecule has 0 aliphatic carbocycles. The zero-order valence-electron chi connectivity index (χ0n) is 17.1. The largest absolute Gasteiger partial charge is 0.338 e. The molecule has 0 aliphatic rings. The van der Waals surface area contributed by atoms with E-state index < -0.39 is 0 Å². The van der Waals surface area contributed by atoms with E-state index in [0.717, 1.165) is 19.4 Å². The van der Waals surface area contributed by atoms with Crippen molar-refractivity contribution in [3.63, 3.8) is 0 Å². The Morgan fingerprint density at radius 2 is 1.36 bits per heavy atom. The fourth-order valence-electron chi connectivity index (χ4n) is 2.43. The second-order valence-electron chi connectivity index (χ2n) is 9.80. The van der Waals surface area contributed by atoms with E-state index in [1.54, 1.807) is 6.92 Å². The van der Waals surface area contributed by atoms with Gasteiger partial charge in [0.1, 0.15) is 0 Å². The van der Waals surface area contributed by atoms with Crippen LogP contribution in [0.3, 0.4) is 0 Å². The van der Waals surface area contributed by atoms with Crippen molar-refractivity contribution in [2.75, 3.05) is 6.54 Å². The molecular weight excluding hydrogens is 270 g/mol. The predicted octanol–water partition coefficient (Wildman–Crippen LogP) is 5.76. The minimum absolute atomic E-state index is 0.0858. The van der Waals surface area contributed by atoms with Crippen LogP contribution in [-0.2, 0) is 4.79 Å². The molecule has 0 radical (unpaired) electrons. The third-order valence-electron chi connectivity index (χ3n) is 6.11.